The number of carbonyl (C=O) groups excluding carboxylic acids is 4. The van der Waals surface area contributed by atoms with Crippen LogP contribution in [0.5, 0.6) is 23.0 Å². The molecule has 284 valence electrons. The maximum atomic E-state index is 12.8. The Hall–Kier alpha value is -7.12. The molecule has 2 saturated heterocycles. The molecule has 18 nitrogen and oxygen atoms in total. The zero-order valence-electron chi connectivity index (χ0n) is 29.1. The van der Waals surface area contributed by atoms with E-state index in [1.54, 1.807) is 97.1 Å². The van der Waals surface area contributed by atoms with Gasteiger partial charge in [0, 0.05) is 0 Å². The molecule has 56 heavy (non-hydrogen) atoms. The number of hydrogen-bond acceptors (Lipinski definition) is 14. The average molecular weight is 761 g/mol. The van der Waals surface area contributed by atoms with E-state index in [4.69, 9.17) is 28.4 Å². The van der Waals surface area contributed by atoms with Gasteiger partial charge in [-0.1, -0.05) is 0 Å². The number of benzene rings is 4. The molecule has 4 amide bonds. The van der Waals surface area contributed by atoms with Crippen LogP contribution < -0.4 is 31.2 Å². The Morgan fingerprint density at radius 1 is 0.357 bits per heavy atom. The van der Waals surface area contributed by atoms with E-state index in [0.29, 0.717) is 45.3 Å². The van der Waals surface area contributed by atoms with Crippen LogP contribution in [0.25, 0.3) is 0 Å². The molecule has 4 atom stereocenters. The lowest BCUT2D eigenvalue weighted by Crippen LogP contribution is -2.45. The molecule has 4 aromatic carbocycles. The third kappa shape index (κ3) is 9.70. The normalized spacial score (nSPS) is 24.1. The quantitative estimate of drug-likeness (QED) is 0.205. The minimum Gasteiger partial charge on any atom is -0.457 e. The molecule has 9 heterocycles. The van der Waals surface area contributed by atoms with Crippen LogP contribution in [0, 0.1) is 0 Å². The van der Waals surface area contributed by atoms with Crippen molar-refractivity contribution in [3.8, 4) is 23.0 Å². The Balaban J connectivity index is 1.04. The first kappa shape index (κ1) is 37.2. The van der Waals surface area contributed by atoms with Crippen molar-refractivity contribution >= 4 is 48.5 Å². The van der Waals surface area contributed by atoms with E-state index in [1.807, 2.05) is 0 Å². The summed E-state index contributed by atoms with van der Waals surface area (Å²) in [4.78, 5) is 51.1. The number of hydrogen-bond donors (Lipinski definition) is 4. The fraction of sp³-hybridized carbons (Fsp3) is 0.158. The van der Waals surface area contributed by atoms with Crippen molar-refractivity contribution in [3.05, 3.63) is 119 Å². The fourth-order valence-electron chi connectivity index (χ4n) is 5.27. The lowest BCUT2D eigenvalue weighted by atomic mass is 10.2. The van der Waals surface area contributed by atoms with E-state index in [2.05, 4.69) is 42.1 Å². The van der Waals surface area contributed by atoms with Crippen LogP contribution in [-0.2, 0) is 38.1 Å². The molecule has 0 radical (unpaired) electrons. The lowest BCUT2D eigenvalue weighted by molar-refractivity contribution is -0.137. The van der Waals surface area contributed by atoms with Gasteiger partial charge in [-0.2, -0.15) is 20.4 Å². The average Bonchev–Trinajstić information content (AvgIpc) is 3.92. The van der Waals surface area contributed by atoms with Crippen molar-refractivity contribution in [1.82, 2.24) is 21.7 Å². The van der Waals surface area contributed by atoms with E-state index in [1.165, 1.54) is 24.9 Å². The van der Waals surface area contributed by atoms with Crippen LogP contribution >= 0.6 is 0 Å². The molecule has 0 aromatic heterocycles. The molecular weight excluding hydrogens is 728 g/mol. The number of rotatable bonds is 0. The second kappa shape index (κ2) is 17.8. The standard InChI is InChI=1S/C38H32N8O10/c47-35-31-32(52-21-51-31)36(48)44-41-19-25-5-13-29(14-6-25)56-30-15-7-26(8-16-30)20-42-46-38(50)34-33(53-22-54-34)37(49)45-40-18-24-3-11-28(12-4-24)55-27-9-1-23(2-10-27)17-39-43-35/h1-20,31-34H,21-22H2,(H,43,47)(H,44,48)(H,45,49)(H,46,50)/b39-17+,40-18+,41-19+,42-20+/t31-,32-,33-,34-/m1/s1. The lowest BCUT2D eigenvalue weighted by Gasteiger charge is -2.13. The van der Waals surface area contributed by atoms with Crippen LogP contribution in [0.1, 0.15) is 22.3 Å². The molecular formula is C38H32N8O10. The van der Waals surface area contributed by atoms with Crippen molar-refractivity contribution in [3.63, 3.8) is 0 Å². The van der Waals surface area contributed by atoms with Crippen LogP contribution in [-0.4, -0.2) is 86.5 Å². The third-order valence-electron chi connectivity index (χ3n) is 8.12. The molecule has 2 fully saturated rings. The van der Waals surface area contributed by atoms with Crippen LogP contribution in [0.3, 0.4) is 0 Å². The number of amides is 4. The van der Waals surface area contributed by atoms with Gasteiger partial charge in [0.25, 0.3) is 23.6 Å². The van der Waals surface area contributed by atoms with Gasteiger partial charge in [-0.3, -0.25) is 19.2 Å². The number of ether oxygens (including phenoxy) is 6. The maximum Gasteiger partial charge on any atom is 0.272 e. The fourth-order valence-corrected chi connectivity index (χ4v) is 5.27. The molecule has 18 heteroatoms. The molecule has 4 aromatic rings. The minimum atomic E-state index is -1.25. The monoisotopic (exact) mass is 760 g/mol. The van der Waals surface area contributed by atoms with Gasteiger partial charge in [0.2, 0.25) is 0 Å². The van der Waals surface area contributed by atoms with Crippen LogP contribution in [0.2, 0.25) is 0 Å². The number of carbonyl (C=O) groups is 4. The molecule has 4 N–H and O–H groups in total. The van der Waals surface area contributed by atoms with Gasteiger partial charge in [0.15, 0.2) is 24.4 Å². The highest BCUT2D eigenvalue weighted by molar-refractivity contribution is 5.94. The Labute approximate surface area is 318 Å². The van der Waals surface area contributed by atoms with Gasteiger partial charge < -0.3 is 28.4 Å². The van der Waals surface area contributed by atoms with Gasteiger partial charge in [0.05, 0.1) is 24.9 Å². The molecule has 13 rings (SSSR count). The molecule has 8 bridgehead atoms. The highest BCUT2D eigenvalue weighted by Gasteiger charge is 2.41. The zero-order chi connectivity index (χ0) is 38.7. The largest absolute Gasteiger partial charge is 0.457 e. The first-order valence-corrected chi connectivity index (χ1v) is 16.9. The summed E-state index contributed by atoms with van der Waals surface area (Å²) in [6.45, 7) is -0.524. The highest BCUT2D eigenvalue weighted by atomic mass is 16.7. The first-order chi connectivity index (χ1) is 27.4. The topological polar surface area (TPSA) is 221 Å². The molecule has 9 aliphatic rings. The van der Waals surface area contributed by atoms with E-state index in [-0.39, 0.29) is 13.6 Å². The van der Waals surface area contributed by atoms with Crippen LogP contribution in [0.4, 0.5) is 0 Å². The Kier molecular flexibility index (Phi) is 11.8. The summed E-state index contributed by atoms with van der Waals surface area (Å²) in [6.07, 6.45) is 0.690. The number of nitrogens with zero attached hydrogens (tertiary/aromatic N) is 4. The predicted octanol–water partition coefficient (Wildman–Crippen LogP) is 2.27. The van der Waals surface area contributed by atoms with Gasteiger partial charge in [-0.15, -0.1) is 0 Å². The van der Waals surface area contributed by atoms with Crippen molar-refractivity contribution in [1.29, 1.82) is 0 Å². The van der Waals surface area contributed by atoms with E-state index in [0.717, 1.165) is 0 Å². The van der Waals surface area contributed by atoms with Crippen molar-refractivity contribution in [2.24, 2.45) is 20.4 Å². The Morgan fingerprint density at radius 2 is 0.571 bits per heavy atom. The van der Waals surface area contributed by atoms with Gasteiger partial charge in [-0.25, -0.2) is 21.7 Å². The summed E-state index contributed by atoms with van der Waals surface area (Å²) in [5.41, 5.74) is 12.1. The Morgan fingerprint density at radius 3 is 0.786 bits per heavy atom. The van der Waals surface area contributed by atoms with Crippen molar-refractivity contribution in [2.45, 2.75) is 24.4 Å². The van der Waals surface area contributed by atoms with E-state index in [9.17, 15) is 19.2 Å². The third-order valence-corrected chi connectivity index (χ3v) is 8.12. The molecule has 0 saturated carbocycles. The van der Waals surface area contributed by atoms with Crippen molar-refractivity contribution < 1.29 is 47.6 Å². The predicted molar refractivity (Wildman–Crippen MR) is 198 cm³/mol. The minimum absolute atomic E-state index is 0.262. The van der Waals surface area contributed by atoms with Gasteiger partial charge in [-0.05, 0) is 119 Å². The maximum absolute atomic E-state index is 12.8. The molecule has 0 aliphatic carbocycles. The van der Waals surface area contributed by atoms with E-state index >= 15 is 0 Å². The molecule has 9 aliphatic heterocycles. The van der Waals surface area contributed by atoms with E-state index < -0.39 is 48.0 Å². The molecule has 0 unspecified atom stereocenters. The summed E-state index contributed by atoms with van der Waals surface area (Å²) in [6, 6.07) is 27.6. The molecule has 0 spiro atoms. The first-order valence-electron chi connectivity index (χ1n) is 16.9. The summed E-state index contributed by atoms with van der Waals surface area (Å²) >= 11 is 0. The second-order valence-electron chi connectivity index (χ2n) is 12.0. The van der Waals surface area contributed by atoms with Gasteiger partial charge >= 0.3 is 0 Å². The van der Waals surface area contributed by atoms with Crippen molar-refractivity contribution in [2.75, 3.05) is 13.6 Å². The van der Waals surface area contributed by atoms with Crippen LogP contribution in [0.15, 0.2) is 117 Å². The van der Waals surface area contributed by atoms with Gasteiger partial charge in [0.1, 0.15) is 36.6 Å². The zero-order valence-corrected chi connectivity index (χ0v) is 29.1. The number of nitrogens with one attached hydrogen (secondary N) is 4. The smallest absolute Gasteiger partial charge is 0.272 e. The summed E-state index contributed by atoms with van der Waals surface area (Å²) in [7, 11) is 0. The SMILES string of the molecule is O=C1N/N=C/c2ccc(cc2)Oc2ccc(cc2)/C=N/NC(=O)[C@@H]2OCO[C@H]2C(=O)N/N=C/c2ccc(cc2)Oc2ccc(cc2)/C=N/NC(=O)[C@@H]2OCO[C@@H]12. The highest BCUT2D eigenvalue weighted by Crippen LogP contribution is 2.23. The summed E-state index contributed by atoms with van der Waals surface area (Å²) in [5.74, 6) is -0.553. The summed E-state index contributed by atoms with van der Waals surface area (Å²) in [5, 5.41) is 15.9. The Bertz CT molecular complexity index is 1850. The summed E-state index contributed by atoms with van der Waals surface area (Å²) < 4.78 is 33.1. The number of hydrazone groups is 4. The second-order valence-corrected chi connectivity index (χ2v) is 12.0.